The third kappa shape index (κ3) is 2.40. The fraction of sp³-hybridized carbons (Fsp3) is 0.750. The van der Waals surface area contributed by atoms with E-state index in [-0.39, 0.29) is 0 Å². The van der Waals surface area contributed by atoms with E-state index < -0.39 is 0 Å². The Hall–Kier alpha value is -0.830. The predicted molar refractivity (Wildman–Crippen MR) is 61.9 cm³/mol. The van der Waals surface area contributed by atoms with Gasteiger partial charge in [-0.15, -0.1) is 0 Å². The van der Waals surface area contributed by atoms with E-state index in [4.69, 9.17) is 0 Å². The highest BCUT2D eigenvalue weighted by atomic mass is 15.1. The van der Waals surface area contributed by atoms with Gasteiger partial charge in [0.1, 0.15) is 0 Å². The predicted octanol–water partition coefficient (Wildman–Crippen LogP) is 2.01. The summed E-state index contributed by atoms with van der Waals surface area (Å²) in [6, 6.07) is 0. The van der Waals surface area contributed by atoms with Crippen LogP contribution >= 0.6 is 0 Å². The SMILES string of the molecule is CNCC(C)Cn1cncc1C1CCC1. The molecular formula is C12H21N3. The number of nitrogens with zero attached hydrogens (tertiary/aromatic N) is 2. The molecule has 1 fully saturated rings. The molecule has 15 heavy (non-hydrogen) atoms. The molecule has 3 heteroatoms. The average molecular weight is 207 g/mol. The average Bonchev–Trinajstić information content (AvgIpc) is 2.51. The molecule has 1 aromatic heterocycles. The molecule has 1 saturated carbocycles. The number of imidazole rings is 1. The van der Waals surface area contributed by atoms with Gasteiger partial charge in [0, 0.05) is 24.4 Å². The molecule has 0 amide bonds. The summed E-state index contributed by atoms with van der Waals surface area (Å²) < 4.78 is 2.34. The van der Waals surface area contributed by atoms with Crippen molar-refractivity contribution >= 4 is 0 Å². The highest BCUT2D eigenvalue weighted by molar-refractivity contribution is 5.09. The van der Waals surface area contributed by atoms with Crippen molar-refractivity contribution in [1.29, 1.82) is 0 Å². The van der Waals surface area contributed by atoms with Gasteiger partial charge in [-0.1, -0.05) is 13.3 Å². The van der Waals surface area contributed by atoms with Crippen molar-refractivity contribution in [1.82, 2.24) is 14.9 Å². The van der Waals surface area contributed by atoms with Crippen LogP contribution in [0.1, 0.15) is 37.8 Å². The lowest BCUT2D eigenvalue weighted by Crippen LogP contribution is -2.22. The molecule has 0 bridgehead atoms. The molecular weight excluding hydrogens is 186 g/mol. The maximum absolute atomic E-state index is 4.28. The van der Waals surface area contributed by atoms with E-state index in [0.29, 0.717) is 5.92 Å². The van der Waals surface area contributed by atoms with Crippen LogP contribution in [0.2, 0.25) is 0 Å². The molecule has 84 valence electrons. The topological polar surface area (TPSA) is 29.9 Å². The molecule has 0 aliphatic heterocycles. The Balaban J connectivity index is 1.97. The fourth-order valence-electron chi connectivity index (χ4n) is 2.28. The molecule has 0 spiro atoms. The molecule has 1 unspecified atom stereocenters. The standard InChI is InChI=1S/C12H21N3/c1-10(6-13-2)8-15-9-14-7-12(15)11-4-3-5-11/h7,9-11,13H,3-6,8H2,1-2H3. The quantitative estimate of drug-likeness (QED) is 0.800. The Morgan fingerprint density at radius 1 is 1.60 bits per heavy atom. The van der Waals surface area contributed by atoms with Crippen LogP contribution in [-0.4, -0.2) is 23.1 Å². The number of rotatable bonds is 5. The van der Waals surface area contributed by atoms with E-state index in [9.17, 15) is 0 Å². The van der Waals surface area contributed by atoms with E-state index in [1.165, 1.54) is 25.0 Å². The smallest absolute Gasteiger partial charge is 0.0948 e. The fourth-order valence-corrected chi connectivity index (χ4v) is 2.28. The molecule has 3 nitrogen and oxygen atoms in total. The minimum atomic E-state index is 0.669. The summed E-state index contributed by atoms with van der Waals surface area (Å²) in [6.45, 7) is 4.44. The number of nitrogens with one attached hydrogen (secondary N) is 1. The van der Waals surface area contributed by atoms with Gasteiger partial charge in [-0.3, -0.25) is 0 Å². The van der Waals surface area contributed by atoms with Crippen LogP contribution in [-0.2, 0) is 6.54 Å². The van der Waals surface area contributed by atoms with Gasteiger partial charge in [-0.25, -0.2) is 4.98 Å². The normalized spacial score (nSPS) is 18.8. The minimum Gasteiger partial charge on any atom is -0.334 e. The molecule has 2 rings (SSSR count). The van der Waals surface area contributed by atoms with Crippen LogP contribution in [0.4, 0.5) is 0 Å². The van der Waals surface area contributed by atoms with Crippen LogP contribution in [0.15, 0.2) is 12.5 Å². The first-order valence-electron chi connectivity index (χ1n) is 5.96. The van der Waals surface area contributed by atoms with Crippen LogP contribution in [0.3, 0.4) is 0 Å². The van der Waals surface area contributed by atoms with Gasteiger partial charge in [0.25, 0.3) is 0 Å². The van der Waals surface area contributed by atoms with Gasteiger partial charge in [-0.05, 0) is 32.4 Å². The summed E-state index contributed by atoms with van der Waals surface area (Å²) in [7, 11) is 2.01. The Labute approximate surface area is 91.9 Å². The van der Waals surface area contributed by atoms with Gasteiger partial charge < -0.3 is 9.88 Å². The summed E-state index contributed by atoms with van der Waals surface area (Å²) in [5.74, 6) is 1.46. The second-order valence-corrected chi connectivity index (χ2v) is 4.76. The summed E-state index contributed by atoms with van der Waals surface area (Å²) in [5.41, 5.74) is 1.45. The summed E-state index contributed by atoms with van der Waals surface area (Å²) in [5, 5.41) is 3.22. The number of aromatic nitrogens is 2. The Morgan fingerprint density at radius 2 is 2.40 bits per heavy atom. The Bertz CT molecular complexity index is 302. The maximum atomic E-state index is 4.28. The molecule has 1 aliphatic carbocycles. The molecule has 0 saturated heterocycles. The first-order valence-corrected chi connectivity index (χ1v) is 5.96. The third-order valence-electron chi connectivity index (χ3n) is 3.33. The zero-order valence-corrected chi connectivity index (χ0v) is 9.74. The monoisotopic (exact) mass is 207 g/mol. The first kappa shape index (κ1) is 10.7. The van der Waals surface area contributed by atoms with Gasteiger partial charge in [0.15, 0.2) is 0 Å². The second kappa shape index (κ2) is 4.79. The lowest BCUT2D eigenvalue weighted by molar-refractivity contribution is 0.378. The highest BCUT2D eigenvalue weighted by Gasteiger charge is 2.22. The van der Waals surface area contributed by atoms with Crippen LogP contribution in [0.5, 0.6) is 0 Å². The molecule has 1 aromatic rings. The van der Waals surface area contributed by atoms with Gasteiger partial charge in [-0.2, -0.15) is 0 Å². The molecule has 1 N–H and O–H groups in total. The molecule has 0 radical (unpaired) electrons. The Kier molecular flexibility index (Phi) is 3.41. The summed E-state index contributed by atoms with van der Waals surface area (Å²) in [6.07, 6.45) is 8.13. The Morgan fingerprint density at radius 3 is 3.00 bits per heavy atom. The highest BCUT2D eigenvalue weighted by Crippen LogP contribution is 2.36. The van der Waals surface area contributed by atoms with Crippen molar-refractivity contribution in [2.24, 2.45) is 5.92 Å². The third-order valence-corrected chi connectivity index (χ3v) is 3.33. The molecule has 1 aliphatic rings. The van der Waals surface area contributed by atoms with Crippen molar-refractivity contribution < 1.29 is 0 Å². The van der Waals surface area contributed by atoms with Crippen molar-refractivity contribution in [2.45, 2.75) is 38.6 Å². The van der Waals surface area contributed by atoms with Crippen molar-refractivity contribution in [3.63, 3.8) is 0 Å². The zero-order valence-electron chi connectivity index (χ0n) is 9.74. The number of hydrogen-bond donors (Lipinski definition) is 1. The molecule has 1 atom stereocenters. The summed E-state index contributed by atoms with van der Waals surface area (Å²) >= 11 is 0. The summed E-state index contributed by atoms with van der Waals surface area (Å²) in [4.78, 5) is 4.28. The molecule has 0 aromatic carbocycles. The van der Waals surface area contributed by atoms with Crippen molar-refractivity contribution in [2.75, 3.05) is 13.6 Å². The van der Waals surface area contributed by atoms with E-state index in [1.807, 2.05) is 13.4 Å². The lowest BCUT2D eigenvalue weighted by Gasteiger charge is -2.27. The van der Waals surface area contributed by atoms with Gasteiger partial charge in [0.2, 0.25) is 0 Å². The largest absolute Gasteiger partial charge is 0.334 e. The van der Waals surface area contributed by atoms with Crippen molar-refractivity contribution in [3.05, 3.63) is 18.2 Å². The van der Waals surface area contributed by atoms with E-state index in [2.05, 4.69) is 28.0 Å². The minimum absolute atomic E-state index is 0.669. The zero-order chi connectivity index (χ0) is 10.7. The lowest BCUT2D eigenvalue weighted by atomic mass is 9.83. The van der Waals surface area contributed by atoms with Gasteiger partial charge >= 0.3 is 0 Å². The van der Waals surface area contributed by atoms with Crippen LogP contribution in [0.25, 0.3) is 0 Å². The van der Waals surface area contributed by atoms with E-state index >= 15 is 0 Å². The van der Waals surface area contributed by atoms with Crippen LogP contribution in [0, 0.1) is 5.92 Å². The van der Waals surface area contributed by atoms with Crippen molar-refractivity contribution in [3.8, 4) is 0 Å². The van der Waals surface area contributed by atoms with E-state index in [1.54, 1.807) is 0 Å². The van der Waals surface area contributed by atoms with Gasteiger partial charge in [0.05, 0.1) is 6.33 Å². The second-order valence-electron chi connectivity index (χ2n) is 4.76. The first-order chi connectivity index (χ1) is 7.31. The number of hydrogen-bond acceptors (Lipinski definition) is 2. The maximum Gasteiger partial charge on any atom is 0.0948 e. The van der Waals surface area contributed by atoms with E-state index in [0.717, 1.165) is 19.0 Å². The molecule has 1 heterocycles. The van der Waals surface area contributed by atoms with Crippen LogP contribution < -0.4 is 5.32 Å².